The summed E-state index contributed by atoms with van der Waals surface area (Å²) in [4.78, 5) is 22.6. The van der Waals surface area contributed by atoms with Crippen molar-refractivity contribution in [3.05, 3.63) is 70.0 Å². The normalized spacial score (nSPS) is 14.1. The van der Waals surface area contributed by atoms with E-state index in [0.717, 1.165) is 36.5 Å². The minimum atomic E-state index is -0.0188. The number of thiophene rings is 1. The third-order valence-corrected chi connectivity index (χ3v) is 6.76. The maximum atomic E-state index is 13.2. The molecule has 1 N–H and O–H groups in total. The lowest BCUT2D eigenvalue weighted by atomic mass is 10.1. The molecule has 34 heavy (non-hydrogen) atoms. The minimum Gasteiger partial charge on any atom is -0.485 e. The Balaban J connectivity index is 0.00000324. The van der Waals surface area contributed by atoms with Gasteiger partial charge in [0.25, 0.3) is 5.91 Å². The van der Waals surface area contributed by atoms with E-state index in [2.05, 4.69) is 32.7 Å². The third-order valence-electron chi connectivity index (χ3n) is 5.79. The number of ether oxygens (including phenoxy) is 2. The molecule has 3 heterocycles. The summed E-state index contributed by atoms with van der Waals surface area (Å²) in [6.45, 7) is 2.79. The SMILES string of the molecule is CNCC[C@H](Oc1ccc(CN2CCN(C)c3cc(OC)ncc3C2=O)cc1)c1cccs1.S. The molecule has 1 aliphatic rings. The van der Waals surface area contributed by atoms with Crippen molar-refractivity contribution in [2.75, 3.05) is 45.7 Å². The average Bonchev–Trinajstić information content (AvgIpc) is 3.35. The van der Waals surface area contributed by atoms with Gasteiger partial charge in [-0.25, -0.2) is 4.98 Å². The standard InChI is InChI=1S/C25H30N4O3S.H2S/c1-26-11-10-22(23-5-4-14-33-23)32-19-8-6-18(7-9-19)17-29-13-12-28(2)21-15-24(31-3)27-16-20(21)25(29)30;/h4-9,14-16,22,26H,10-13,17H2,1-3H3;1H2/t22-;/m0./s1. The first-order valence-corrected chi connectivity index (χ1v) is 11.9. The molecule has 3 aromatic rings. The molecule has 4 rings (SSSR count). The number of fused-ring (bicyclic) bond motifs is 1. The molecule has 1 amide bonds. The molecule has 0 fully saturated rings. The zero-order valence-electron chi connectivity index (χ0n) is 19.8. The molecule has 0 saturated carbocycles. The number of hydrogen-bond acceptors (Lipinski definition) is 7. The summed E-state index contributed by atoms with van der Waals surface area (Å²) < 4.78 is 11.5. The Bertz CT molecular complexity index is 1060. The van der Waals surface area contributed by atoms with Crippen LogP contribution in [0, 0.1) is 0 Å². The van der Waals surface area contributed by atoms with Crippen molar-refractivity contribution in [2.24, 2.45) is 0 Å². The third kappa shape index (κ3) is 6.02. The van der Waals surface area contributed by atoms with E-state index in [1.165, 1.54) is 4.88 Å². The van der Waals surface area contributed by atoms with Crippen LogP contribution < -0.4 is 19.7 Å². The molecule has 0 unspecified atom stereocenters. The van der Waals surface area contributed by atoms with E-state index < -0.39 is 0 Å². The van der Waals surface area contributed by atoms with Crippen molar-refractivity contribution in [1.29, 1.82) is 0 Å². The molecule has 1 atom stereocenters. The van der Waals surface area contributed by atoms with E-state index in [4.69, 9.17) is 9.47 Å². The molecular weight excluding hydrogens is 468 g/mol. The van der Waals surface area contributed by atoms with Crippen LogP contribution in [0.3, 0.4) is 0 Å². The first-order chi connectivity index (χ1) is 16.1. The lowest BCUT2D eigenvalue weighted by Crippen LogP contribution is -2.33. The van der Waals surface area contributed by atoms with E-state index in [1.54, 1.807) is 24.6 Å². The van der Waals surface area contributed by atoms with Crippen LogP contribution >= 0.6 is 24.8 Å². The number of nitrogens with zero attached hydrogens (tertiary/aromatic N) is 3. The Morgan fingerprint density at radius 1 is 1.21 bits per heavy atom. The maximum absolute atomic E-state index is 13.2. The molecule has 1 aliphatic heterocycles. The number of carbonyl (C=O) groups is 1. The number of amides is 1. The van der Waals surface area contributed by atoms with Gasteiger partial charge < -0.3 is 24.6 Å². The highest BCUT2D eigenvalue weighted by Gasteiger charge is 2.26. The Morgan fingerprint density at radius 2 is 2.00 bits per heavy atom. The van der Waals surface area contributed by atoms with Crippen LogP contribution in [0.15, 0.2) is 54.0 Å². The van der Waals surface area contributed by atoms with E-state index in [1.807, 2.05) is 49.3 Å². The van der Waals surface area contributed by atoms with Gasteiger partial charge in [-0.3, -0.25) is 4.79 Å². The van der Waals surface area contributed by atoms with Crippen molar-refractivity contribution >= 4 is 36.4 Å². The number of hydrogen-bond donors (Lipinski definition) is 1. The lowest BCUT2D eigenvalue weighted by molar-refractivity contribution is 0.0754. The van der Waals surface area contributed by atoms with Crippen LogP contribution in [-0.2, 0) is 6.54 Å². The predicted octanol–water partition coefficient (Wildman–Crippen LogP) is 4.09. The number of benzene rings is 1. The lowest BCUT2D eigenvalue weighted by Gasteiger charge is -2.22. The first-order valence-electron chi connectivity index (χ1n) is 11.1. The number of nitrogens with one attached hydrogen (secondary N) is 1. The zero-order chi connectivity index (χ0) is 23.2. The molecule has 182 valence electrons. The second-order valence-electron chi connectivity index (χ2n) is 8.05. The summed E-state index contributed by atoms with van der Waals surface area (Å²) in [5.74, 6) is 1.32. The largest absolute Gasteiger partial charge is 0.485 e. The number of likely N-dealkylation sites (N-methyl/N-ethyl adjacent to an activating group) is 1. The predicted molar refractivity (Wildman–Crippen MR) is 142 cm³/mol. The summed E-state index contributed by atoms with van der Waals surface area (Å²) in [7, 11) is 5.52. The van der Waals surface area contributed by atoms with Crippen LogP contribution in [-0.4, -0.2) is 56.6 Å². The molecule has 1 aromatic carbocycles. The summed E-state index contributed by atoms with van der Waals surface area (Å²) in [6.07, 6.45) is 2.53. The molecule has 0 aliphatic carbocycles. The Labute approximate surface area is 212 Å². The van der Waals surface area contributed by atoms with Crippen molar-refractivity contribution in [3.8, 4) is 11.6 Å². The Kier molecular flexibility index (Phi) is 9.20. The summed E-state index contributed by atoms with van der Waals surface area (Å²) in [5, 5.41) is 5.28. The Morgan fingerprint density at radius 3 is 2.68 bits per heavy atom. The van der Waals surface area contributed by atoms with Crippen LogP contribution in [0.4, 0.5) is 5.69 Å². The van der Waals surface area contributed by atoms with E-state index in [0.29, 0.717) is 24.5 Å². The second-order valence-corrected chi connectivity index (χ2v) is 9.03. The topological polar surface area (TPSA) is 66.9 Å². The van der Waals surface area contributed by atoms with Gasteiger partial charge in [0.15, 0.2) is 0 Å². The molecule has 7 nitrogen and oxygen atoms in total. The molecule has 0 bridgehead atoms. The van der Waals surface area contributed by atoms with Gasteiger partial charge >= 0.3 is 0 Å². The highest BCUT2D eigenvalue weighted by Crippen LogP contribution is 2.30. The number of pyridine rings is 1. The zero-order valence-corrected chi connectivity index (χ0v) is 21.6. The highest BCUT2D eigenvalue weighted by molar-refractivity contribution is 7.59. The van der Waals surface area contributed by atoms with Gasteiger partial charge in [-0.05, 0) is 42.7 Å². The van der Waals surface area contributed by atoms with Gasteiger partial charge in [-0.2, -0.15) is 13.5 Å². The number of methoxy groups -OCH3 is 1. The number of carbonyl (C=O) groups excluding carboxylic acids is 1. The van der Waals surface area contributed by atoms with Crippen LogP contribution in [0.5, 0.6) is 11.6 Å². The van der Waals surface area contributed by atoms with Crippen LogP contribution in [0.1, 0.15) is 33.3 Å². The molecule has 9 heteroatoms. The van der Waals surface area contributed by atoms with Gasteiger partial charge in [0.2, 0.25) is 5.88 Å². The second kappa shape index (κ2) is 12.1. The van der Waals surface area contributed by atoms with Gasteiger partial charge in [0.05, 0.1) is 18.4 Å². The Hall–Kier alpha value is -2.75. The number of aromatic nitrogens is 1. The quantitative estimate of drug-likeness (QED) is 0.478. The van der Waals surface area contributed by atoms with Crippen LogP contribution in [0.25, 0.3) is 0 Å². The maximum Gasteiger partial charge on any atom is 0.257 e. The van der Waals surface area contributed by atoms with Gasteiger partial charge in [0.1, 0.15) is 11.9 Å². The van der Waals surface area contributed by atoms with Gasteiger partial charge in [0, 0.05) is 50.2 Å². The van der Waals surface area contributed by atoms with Crippen molar-refractivity contribution in [1.82, 2.24) is 15.2 Å². The molecule has 0 spiro atoms. The van der Waals surface area contributed by atoms with E-state index in [9.17, 15) is 4.79 Å². The van der Waals surface area contributed by atoms with Crippen molar-refractivity contribution < 1.29 is 14.3 Å². The van der Waals surface area contributed by atoms with E-state index in [-0.39, 0.29) is 25.5 Å². The smallest absolute Gasteiger partial charge is 0.257 e. The minimum absolute atomic E-state index is 0. The number of rotatable bonds is 9. The summed E-state index contributed by atoms with van der Waals surface area (Å²) in [5.41, 5.74) is 2.50. The summed E-state index contributed by atoms with van der Waals surface area (Å²) in [6, 6.07) is 14.0. The molecule has 2 aromatic heterocycles. The number of anilines is 1. The fraction of sp³-hybridized carbons (Fsp3) is 0.360. The van der Waals surface area contributed by atoms with Crippen LogP contribution in [0.2, 0.25) is 0 Å². The summed E-state index contributed by atoms with van der Waals surface area (Å²) >= 11 is 1.71. The fourth-order valence-corrected chi connectivity index (χ4v) is 4.69. The van der Waals surface area contributed by atoms with Gasteiger partial charge in [-0.15, -0.1) is 11.3 Å². The molecule has 0 radical (unpaired) electrons. The van der Waals surface area contributed by atoms with Crippen molar-refractivity contribution in [3.63, 3.8) is 0 Å². The molecule has 0 saturated heterocycles. The van der Waals surface area contributed by atoms with E-state index >= 15 is 0 Å². The van der Waals surface area contributed by atoms with Gasteiger partial charge in [-0.1, -0.05) is 18.2 Å². The fourth-order valence-electron chi connectivity index (χ4n) is 3.90. The average molecular weight is 501 g/mol. The molecular formula is C25H32N4O3S2. The first kappa shape index (κ1) is 25.9. The monoisotopic (exact) mass is 500 g/mol. The highest BCUT2D eigenvalue weighted by atomic mass is 32.1. The van der Waals surface area contributed by atoms with Crippen molar-refractivity contribution in [2.45, 2.75) is 19.1 Å².